The van der Waals surface area contributed by atoms with Crippen molar-refractivity contribution in [1.82, 2.24) is 14.2 Å². The molecule has 2 aromatic carbocycles. The second kappa shape index (κ2) is 10.4. The lowest BCUT2D eigenvalue weighted by Gasteiger charge is -2.17. The first-order valence-corrected chi connectivity index (χ1v) is 11.7. The molecule has 0 bridgehead atoms. The Bertz CT molecular complexity index is 1170. The highest BCUT2D eigenvalue weighted by atomic mass is 32.2. The van der Waals surface area contributed by atoms with Crippen LogP contribution in [-0.2, 0) is 16.6 Å². The molecule has 8 nitrogen and oxygen atoms in total. The fraction of sp³-hybridized carbons (Fsp3) is 0.304. The van der Waals surface area contributed by atoms with Crippen LogP contribution < -0.4 is 5.32 Å². The summed E-state index contributed by atoms with van der Waals surface area (Å²) in [7, 11) is 1.89. The van der Waals surface area contributed by atoms with Crippen molar-refractivity contribution in [3.8, 4) is 17.5 Å². The molecule has 168 valence electrons. The summed E-state index contributed by atoms with van der Waals surface area (Å²) < 4.78 is 32.9. The molecule has 1 heterocycles. The van der Waals surface area contributed by atoms with Gasteiger partial charge in [0.25, 0.3) is 0 Å². The standard InChI is InChI=1S/C23H27N5O3S/c1-27(2)15-7-14-25-23-21(16-24)26-22(31-23)19-10-12-20(13-11-19)32(29,30)28(3)17-18-8-5-4-6-9-18/h4-6,8-13,25H,7,14-15,17H2,1-3H3. The maximum absolute atomic E-state index is 12.9. The molecule has 0 spiro atoms. The van der Waals surface area contributed by atoms with Crippen molar-refractivity contribution in [1.29, 1.82) is 5.26 Å². The molecular formula is C23H27N5O3S. The maximum atomic E-state index is 12.9. The molecule has 0 fully saturated rings. The summed E-state index contributed by atoms with van der Waals surface area (Å²) in [5.74, 6) is 0.582. The molecule has 3 aromatic rings. The molecule has 0 aliphatic heterocycles. The number of rotatable bonds is 10. The third kappa shape index (κ3) is 5.73. The van der Waals surface area contributed by atoms with Crippen LogP contribution in [0.4, 0.5) is 5.88 Å². The highest BCUT2D eigenvalue weighted by molar-refractivity contribution is 7.89. The number of nitrogens with zero attached hydrogens (tertiary/aromatic N) is 4. The summed E-state index contributed by atoms with van der Waals surface area (Å²) >= 11 is 0. The Balaban J connectivity index is 1.73. The highest BCUT2D eigenvalue weighted by Crippen LogP contribution is 2.27. The van der Waals surface area contributed by atoms with Crippen molar-refractivity contribution in [2.24, 2.45) is 0 Å². The summed E-state index contributed by atoms with van der Waals surface area (Å²) in [6.07, 6.45) is 0.886. The number of aromatic nitrogens is 1. The zero-order valence-corrected chi connectivity index (χ0v) is 19.3. The first-order valence-electron chi connectivity index (χ1n) is 10.2. The van der Waals surface area contributed by atoms with Gasteiger partial charge < -0.3 is 14.6 Å². The number of hydrogen-bond donors (Lipinski definition) is 1. The highest BCUT2D eigenvalue weighted by Gasteiger charge is 2.22. The van der Waals surface area contributed by atoms with Crippen LogP contribution in [0.3, 0.4) is 0 Å². The Morgan fingerprint density at radius 2 is 1.75 bits per heavy atom. The van der Waals surface area contributed by atoms with Crippen LogP contribution >= 0.6 is 0 Å². The molecule has 1 N–H and O–H groups in total. The van der Waals surface area contributed by atoms with E-state index < -0.39 is 10.0 Å². The second-order valence-corrected chi connectivity index (χ2v) is 9.71. The average Bonchev–Trinajstić information content (AvgIpc) is 3.20. The van der Waals surface area contributed by atoms with Crippen LogP contribution in [0.1, 0.15) is 17.7 Å². The SMILES string of the molecule is CN(C)CCCNc1oc(-c2ccc(S(=O)(=O)N(C)Cc3ccccc3)cc2)nc1C#N. The van der Waals surface area contributed by atoms with E-state index in [1.54, 1.807) is 19.2 Å². The number of nitriles is 1. The molecular weight excluding hydrogens is 426 g/mol. The van der Waals surface area contributed by atoms with Gasteiger partial charge >= 0.3 is 0 Å². The van der Waals surface area contributed by atoms with E-state index in [-0.39, 0.29) is 23.0 Å². The van der Waals surface area contributed by atoms with Gasteiger partial charge in [0, 0.05) is 25.7 Å². The average molecular weight is 454 g/mol. The van der Waals surface area contributed by atoms with E-state index in [9.17, 15) is 13.7 Å². The molecule has 0 aliphatic rings. The molecule has 1 aromatic heterocycles. The minimum Gasteiger partial charge on any atom is -0.419 e. The fourth-order valence-electron chi connectivity index (χ4n) is 3.11. The van der Waals surface area contributed by atoms with Gasteiger partial charge in [-0.1, -0.05) is 30.3 Å². The Kier molecular flexibility index (Phi) is 7.64. The summed E-state index contributed by atoms with van der Waals surface area (Å²) in [6, 6.07) is 17.7. The van der Waals surface area contributed by atoms with E-state index in [1.165, 1.54) is 16.4 Å². The van der Waals surface area contributed by atoms with Gasteiger partial charge in [-0.3, -0.25) is 0 Å². The summed E-state index contributed by atoms with van der Waals surface area (Å²) in [6.45, 7) is 1.83. The van der Waals surface area contributed by atoms with Crippen molar-refractivity contribution in [3.63, 3.8) is 0 Å². The van der Waals surface area contributed by atoms with Crippen LogP contribution in [0, 0.1) is 11.3 Å². The number of oxazole rings is 1. The minimum absolute atomic E-state index is 0.171. The van der Waals surface area contributed by atoms with Crippen LogP contribution in [0.2, 0.25) is 0 Å². The third-order valence-corrected chi connectivity index (χ3v) is 6.68. The lowest BCUT2D eigenvalue weighted by molar-refractivity contribution is 0.404. The van der Waals surface area contributed by atoms with Crippen LogP contribution in [-0.4, -0.2) is 56.8 Å². The Morgan fingerprint density at radius 3 is 2.38 bits per heavy atom. The van der Waals surface area contributed by atoms with Gasteiger partial charge in [-0.25, -0.2) is 8.42 Å². The van der Waals surface area contributed by atoms with Gasteiger partial charge in [0.1, 0.15) is 6.07 Å². The van der Waals surface area contributed by atoms with Crippen LogP contribution in [0.15, 0.2) is 63.9 Å². The number of nitrogens with one attached hydrogen (secondary N) is 1. The largest absolute Gasteiger partial charge is 0.419 e. The van der Waals surface area contributed by atoms with E-state index in [0.717, 1.165) is 18.5 Å². The third-order valence-electron chi connectivity index (χ3n) is 4.86. The van der Waals surface area contributed by atoms with Crippen molar-refractivity contribution in [2.45, 2.75) is 17.9 Å². The van der Waals surface area contributed by atoms with Gasteiger partial charge in [-0.05, 0) is 56.9 Å². The second-order valence-electron chi connectivity index (χ2n) is 7.66. The number of hydrogen-bond acceptors (Lipinski definition) is 7. The molecule has 0 atom stereocenters. The lowest BCUT2D eigenvalue weighted by Crippen LogP contribution is -2.26. The molecule has 0 amide bonds. The summed E-state index contributed by atoms with van der Waals surface area (Å²) in [5, 5.41) is 12.5. The number of sulfonamides is 1. The minimum atomic E-state index is -3.65. The predicted molar refractivity (Wildman–Crippen MR) is 123 cm³/mol. The molecule has 0 saturated heterocycles. The van der Waals surface area contributed by atoms with Crippen molar-refractivity contribution >= 4 is 15.9 Å². The Hall–Kier alpha value is -3.19. The molecule has 3 rings (SSSR count). The van der Waals surface area contributed by atoms with E-state index in [1.807, 2.05) is 50.5 Å². The maximum Gasteiger partial charge on any atom is 0.243 e. The van der Waals surface area contributed by atoms with E-state index in [0.29, 0.717) is 18.0 Å². The topological polar surface area (TPSA) is 102 Å². The number of benzene rings is 2. The summed E-state index contributed by atoms with van der Waals surface area (Å²) in [4.78, 5) is 6.48. The molecule has 0 radical (unpaired) electrons. The van der Waals surface area contributed by atoms with Gasteiger partial charge in [0.15, 0.2) is 0 Å². The molecule has 0 unspecified atom stereocenters. The van der Waals surface area contributed by atoms with Crippen LogP contribution in [0.5, 0.6) is 0 Å². The molecule has 9 heteroatoms. The quantitative estimate of drug-likeness (QED) is 0.469. The zero-order chi connectivity index (χ0) is 23.1. The van der Waals surface area contributed by atoms with Crippen molar-refractivity contribution in [2.75, 3.05) is 39.5 Å². The fourth-order valence-corrected chi connectivity index (χ4v) is 4.27. The molecule has 32 heavy (non-hydrogen) atoms. The normalized spacial score (nSPS) is 11.6. The first-order chi connectivity index (χ1) is 15.3. The van der Waals surface area contributed by atoms with Crippen LogP contribution in [0.25, 0.3) is 11.5 Å². The smallest absolute Gasteiger partial charge is 0.243 e. The van der Waals surface area contributed by atoms with Crippen molar-refractivity contribution < 1.29 is 12.8 Å². The zero-order valence-electron chi connectivity index (χ0n) is 18.4. The van der Waals surface area contributed by atoms with Gasteiger partial charge in [0.05, 0.1) is 4.90 Å². The van der Waals surface area contributed by atoms with E-state index in [2.05, 4.69) is 15.2 Å². The molecule has 0 aliphatic carbocycles. The van der Waals surface area contributed by atoms with Gasteiger partial charge in [-0.15, -0.1) is 0 Å². The van der Waals surface area contributed by atoms with Crippen molar-refractivity contribution in [3.05, 3.63) is 65.9 Å². The number of anilines is 1. The monoisotopic (exact) mass is 453 g/mol. The summed E-state index contributed by atoms with van der Waals surface area (Å²) in [5.41, 5.74) is 1.67. The predicted octanol–water partition coefficient (Wildman–Crippen LogP) is 3.40. The van der Waals surface area contributed by atoms with E-state index in [4.69, 9.17) is 4.42 Å². The lowest BCUT2D eigenvalue weighted by atomic mass is 10.2. The van der Waals surface area contributed by atoms with Gasteiger partial charge in [-0.2, -0.15) is 14.6 Å². The van der Waals surface area contributed by atoms with E-state index >= 15 is 0 Å². The Morgan fingerprint density at radius 1 is 1.06 bits per heavy atom. The van der Waals surface area contributed by atoms with Gasteiger partial charge in [0.2, 0.25) is 27.5 Å². The molecule has 0 saturated carbocycles. The Labute approximate surface area is 189 Å². The first kappa shape index (κ1) is 23.5.